The molecule has 6 rings (SSSR count). The fourth-order valence-electron chi connectivity index (χ4n) is 7.51. The van der Waals surface area contributed by atoms with E-state index in [9.17, 15) is 4.79 Å². The van der Waals surface area contributed by atoms with Gasteiger partial charge in [-0.2, -0.15) is 0 Å². The van der Waals surface area contributed by atoms with E-state index >= 15 is 0 Å². The molecule has 0 atom stereocenters. The molecule has 4 fully saturated rings. The van der Waals surface area contributed by atoms with Crippen LogP contribution in [-0.2, 0) is 10.2 Å². The second-order valence-corrected chi connectivity index (χ2v) is 13.1. The number of nitrogens with two attached hydrogens (primary N) is 2. The number of rotatable bonds is 9. The van der Waals surface area contributed by atoms with E-state index in [0.29, 0.717) is 0 Å². The Kier molecular flexibility index (Phi) is 13.6. The molecule has 4 saturated carbocycles. The third kappa shape index (κ3) is 8.55. The summed E-state index contributed by atoms with van der Waals surface area (Å²) in [5.41, 5.74) is 15.4. The van der Waals surface area contributed by atoms with Crippen LogP contribution in [0.5, 0.6) is 5.75 Å². The molecule has 0 aliphatic heterocycles. The maximum Gasteiger partial charge on any atom is 0.231 e. The highest BCUT2D eigenvalue weighted by atomic mass is 16.5. The third-order valence-electron chi connectivity index (χ3n) is 10.2. The second kappa shape index (κ2) is 16.9. The minimum atomic E-state index is 0. The first kappa shape index (κ1) is 36.3. The monoisotopic (exact) mass is 619 g/mol. The van der Waals surface area contributed by atoms with Crippen molar-refractivity contribution in [1.82, 2.24) is 4.98 Å². The molecule has 1 heterocycles. The highest BCUT2D eigenvalue weighted by Crippen LogP contribution is 2.58. The number of carbonyl (C=O) groups excluding carboxylic acids is 1. The van der Waals surface area contributed by atoms with Crippen molar-refractivity contribution in [2.75, 3.05) is 25.6 Å². The topological polar surface area (TPSA) is 107 Å². The molecule has 0 saturated heterocycles. The van der Waals surface area contributed by atoms with Gasteiger partial charge in [-0.1, -0.05) is 45.2 Å². The van der Waals surface area contributed by atoms with Gasteiger partial charge in [0, 0.05) is 44.1 Å². The number of amides is 1. The van der Waals surface area contributed by atoms with Crippen molar-refractivity contribution in [3.63, 3.8) is 0 Å². The van der Waals surface area contributed by atoms with E-state index in [2.05, 4.69) is 40.7 Å². The molecule has 1 aromatic carbocycles. The van der Waals surface area contributed by atoms with Crippen LogP contribution in [0.4, 0.5) is 5.82 Å². The Morgan fingerprint density at radius 3 is 2.27 bits per heavy atom. The SMILES string of the molecule is CC.CN.COc1ccc(C23CCC(CN(C(=O)C4CCCCC4)c4cc(/C(C=NC(C)C)=C/N)ccn4)(CC2)CC3)cc1C.[HH]. The lowest BCUT2D eigenvalue weighted by Gasteiger charge is -2.55. The molecule has 7 heteroatoms. The molecular weight excluding hydrogens is 558 g/mol. The molecule has 2 aromatic rings. The number of allylic oxidation sites excluding steroid dienone is 1. The van der Waals surface area contributed by atoms with E-state index < -0.39 is 0 Å². The third-order valence-corrected chi connectivity index (χ3v) is 10.2. The summed E-state index contributed by atoms with van der Waals surface area (Å²) in [6.07, 6.45) is 17.6. The first-order valence-electron chi connectivity index (χ1n) is 17.2. The molecule has 0 unspecified atom stereocenters. The van der Waals surface area contributed by atoms with Gasteiger partial charge in [0.25, 0.3) is 0 Å². The summed E-state index contributed by atoms with van der Waals surface area (Å²) in [7, 11) is 3.24. The molecule has 4 N–H and O–H groups in total. The largest absolute Gasteiger partial charge is 0.496 e. The number of aryl methyl sites for hydroxylation is 1. The highest BCUT2D eigenvalue weighted by Gasteiger charge is 2.50. The molecule has 1 aromatic heterocycles. The molecule has 4 aliphatic carbocycles. The summed E-state index contributed by atoms with van der Waals surface area (Å²) in [6.45, 7) is 11.0. The quantitative estimate of drug-likeness (QED) is 0.275. The number of carbonyl (C=O) groups is 1. The van der Waals surface area contributed by atoms with E-state index in [0.717, 1.165) is 74.2 Å². The van der Waals surface area contributed by atoms with Crippen molar-refractivity contribution in [2.45, 2.75) is 117 Å². The predicted octanol–water partition coefficient (Wildman–Crippen LogP) is 8.23. The van der Waals surface area contributed by atoms with Gasteiger partial charge >= 0.3 is 0 Å². The number of anilines is 1. The number of hydrogen-bond donors (Lipinski definition) is 2. The van der Waals surface area contributed by atoms with E-state index in [4.69, 9.17) is 15.5 Å². The Morgan fingerprint density at radius 1 is 1.07 bits per heavy atom. The zero-order chi connectivity index (χ0) is 33.0. The Bertz CT molecular complexity index is 1280. The van der Waals surface area contributed by atoms with Gasteiger partial charge in [0.2, 0.25) is 5.91 Å². The molecule has 7 nitrogen and oxygen atoms in total. The van der Waals surface area contributed by atoms with Crippen molar-refractivity contribution < 1.29 is 11.0 Å². The van der Waals surface area contributed by atoms with Crippen LogP contribution in [0.25, 0.3) is 5.57 Å². The van der Waals surface area contributed by atoms with Gasteiger partial charge < -0.3 is 16.2 Å². The number of ether oxygens (including phenoxy) is 1. The second-order valence-electron chi connectivity index (χ2n) is 13.1. The molecule has 250 valence electrons. The Hall–Kier alpha value is -3.19. The lowest BCUT2D eigenvalue weighted by atomic mass is 9.51. The van der Waals surface area contributed by atoms with E-state index in [1.165, 1.54) is 43.9 Å². The summed E-state index contributed by atoms with van der Waals surface area (Å²) in [6, 6.07) is 10.9. The van der Waals surface area contributed by atoms with Gasteiger partial charge in [0.05, 0.1) is 7.11 Å². The van der Waals surface area contributed by atoms with Crippen LogP contribution in [-0.4, -0.2) is 43.8 Å². The van der Waals surface area contributed by atoms with Gasteiger partial charge in [-0.05, 0) is 125 Å². The summed E-state index contributed by atoms with van der Waals surface area (Å²) in [4.78, 5) is 25.6. The van der Waals surface area contributed by atoms with Crippen LogP contribution in [0.2, 0.25) is 0 Å². The molecule has 45 heavy (non-hydrogen) atoms. The Balaban J connectivity index is 0.00000142. The highest BCUT2D eigenvalue weighted by molar-refractivity contribution is 6.10. The van der Waals surface area contributed by atoms with Crippen molar-refractivity contribution in [2.24, 2.45) is 27.8 Å². The molecule has 1 amide bonds. The predicted molar refractivity (Wildman–Crippen MR) is 192 cm³/mol. The number of nitrogens with zero attached hydrogens (tertiary/aromatic N) is 3. The van der Waals surface area contributed by atoms with Crippen molar-refractivity contribution >= 4 is 23.5 Å². The van der Waals surface area contributed by atoms with Crippen molar-refractivity contribution in [1.29, 1.82) is 0 Å². The number of benzene rings is 1. The van der Waals surface area contributed by atoms with Gasteiger partial charge in [-0.25, -0.2) is 4.98 Å². The van der Waals surface area contributed by atoms with Crippen molar-refractivity contribution in [3.8, 4) is 5.75 Å². The fourth-order valence-corrected chi connectivity index (χ4v) is 7.51. The smallest absolute Gasteiger partial charge is 0.231 e. The summed E-state index contributed by atoms with van der Waals surface area (Å²) < 4.78 is 5.53. The maximum atomic E-state index is 14.2. The van der Waals surface area contributed by atoms with Gasteiger partial charge in [0.15, 0.2) is 0 Å². The lowest BCUT2D eigenvalue weighted by molar-refractivity contribution is -0.124. The van der Waals surface area contributed by atoms with Crippen LogP contribution in [0.3, 0.4) is 0 Å². The lowest BCUT2D eigenvalue weighted by Crippen LogP contribution is -2.51. The first-order chi connectivity index (χ1) is 21.8. The number of hydrogen-bond acceptors (Lipinski definition) is 6. The van der Waals surface area contributed by atoms with Crippen LogP contribution in [0.15, 0.2) is 47.7 Å². The molecule has 0 spiro atoms. The fraction of sp³-hybridized carbons (Fsp3) is 0.605. The Labute approximate surface area is 274 Å². The van der Waals surface area contributed by atoms with Gasteiger partial charge in [-0.15, -0.1) is 0 Å². The first-order valence-corrected chi connectivity index (χ1v) is 17.2. The number of aromatic nitrogens is 1. The number of aliphatic imine (C=N–C) groups is 1. The summed E-state index contributed by atoms with van der Waals surface area (Å²) in [5.74, 6) is 2.05. The number of pyridine rings is 1. The Morgan fingerprint density at radius 2 is 1.71 bits per heavy atom. The van der Waals surface area contributed by atoms with Crippen LogP contribution in [0.1, 0.15) is 116 Å². The van der Waals surface area contributed by atoms with Crippen LogP contribution >= 0.6 is 0 Å². The van der Waals surface area contributed by atoms with Gasteiger partial charge in [-0.3, -0.25) is 14.7 Å². The standard InChI is InChI=1S/C35H48N4O2.C2H6.CH5N.H2/c1-25(2)38-23-29(22-36)28-12-19-37-32(21-28)39(33(40)27-8-6-5-7-9-27)24-34-13-16-35(17-14-34,18-15-34)30-10-11-31(41-4)26(3)20-30;2*1-2;/h10-12,19-23,25,27H,5-9,13-18,24,36H2,1-4H3;1-2H3;2H2,1H3;1H/b29-22+,38-23?;;;. The molecule has 4 aliphatic rings. The van der Waals surface area contributed by atoms with Crippen LogP contribution in [0, 0.1) is 18.3 Å². The average Bonchev–Trinajstić information content (AvgIpc) is 3.10. The van der Waals surface area contributed by atoms with E-state index in [1.54, 1.807) is 13.3 Å². The zero-order valence-corrected chi connectivity index (χ0v) is 29.1. The zero-order valence-electron chi connectivity index (χ0n) is 29.1. The number of methoxy groups -OCH3 is 1. The summed E-state index contributed by atoms with van der Waals surface area (Å²) in [5, 5.41) is 0. The van der Waals surface area contributed by atoms with E-state index in [-0.39, 0.29) is 30.1 Å². The maximum absolute atomic E-state index is 14.2. The molecule has 0 radical (unpaired) electrons. The normalized spacial score (nSPS) is 23.2. The molecule has 2 bridgehead atoms. The summed E-state index contributed by atoms with van der Waals surface area (Å²) >= 11 is 0. The van der Waals surface area contributed by atoms with Crippen LogP contribution < -0.4 is 21.1 Å². The minimum Gasteiger partial charge on any atom is -0.496 e. The van der Waals surface area contributed by atoms with Gasteiger partial charge in [0.1, 0.15) is 11.6 Å². The van der Waals surface area contributed by atoms with E-state index in [1.807, 2.05) is 52.2 Å². The molecular formula is C38H61N5O2. The average molecular weight is 620 g/mol. The minimum absolute atomic E-state index is 0. The van der Waals surface area contributed by atoms with Crippen molar-refractivity contribution in [3.05, 3.63) is 59.4 Å². The number of fused-ring (bicyclic) bond motifs is 3.